The maximum atomic E-state index is 12.6. The molecule has 2 saturated heterocycles. The van der Waals surface area contributed by atoms with Crippen molar-refractivity contribution in [3.63, 3.8) is 0 Å². The van der Waals surface area contributed by atoms with Gasteiger partial charge < -0.3 is 33.7 Å². The van der Waals surface area contributed by atoms with Crippen LogP contribution < -0.4 is 5.32 Å². The SMILES string of the molecule is CC(=O)O[C@@H]1[C@@H](NC(=O)OCC(Cl)(Cl)Cl)[C@@H](OCc2ccccc2)O[C@@H]2COC(c3ccccc3)O[C@@H]12. The predicted octanol–water partition coefficient (Wildman–Crippen LogP) is 4.44. The predicted molar refractivity (Wildman–Crippen MR) is 134 cm³/mol. The standard InChI is InChI=1S/C25H26Cl3NO8/c1-15(30)35-21-19(29-24(31)34-14-25(26,27)28)23(32-12-16-8-4-2-5-9-16)36-18-13-33-22(37-20(18)21)17-10-6-3-7-11-17/h2-11,18-23H,12-14H2,1H3,(H,29,31)/t18-,19-,20-,21-,22?,23+/m1/s1. The summed E-state index contributed by atoms with van der Waals surface area (Å²) >= 11 is 17.1. The molecule has 2 aliphatic rings. The molecule has 12 heteroatoms. The number of amides is 1. The van der Waals surface area contributed by atoms with Crippen molar-refractivity contribution < 1.29 is 38.0 Å². The molecular formula is C25H26Cl3NO8. The van der Waals surface area contributed by atoms with Crippen LogP contribution in [-0.2, 0) is 39.8 Å². The lowest BCUT2D eigenvalue weighted by molar-refractivity contribution is -0.346. The zero-order chi connectivity index (χ0) is 26.4. The molecule has 0 radical (unpaired) electrons. The average Bonchev–Trinajstić information content (AvgIpc) is 2.88. The van der Waals surface area contributed by atoms with Crippen molar-refractivity contribution >= 4 is 46.9 Å². The van der Waals surface area contributed by atoms with Crippen molar-refractivity contribution in [2.75, 3.05) is 13.2 Å². The molecule has 1 amide bonds. The van der Waals surface area contributed by atoms with E-state index in [9.17, 15) is 9.59 Å². The van der Waals surface area contributed by atoms with Crippen LogP contribution in [-0.4, -0.2) is 59.7 Å². The van der Waals surface area contributed by atoms with Crippen LogP contribution in [0.5, 0.6) is 0 Å². The third kappa shape index (κ3) is 7.94. The number of ether oxygens (including phenoxy) is 6. The minimum Gasteiger partial charge on any atom is -0.457 e. The molecule has 0 bridgehead atoms. The van der Waals surface area contributed by atoms with E-state index in [-0.39, 0.29) is 13.2 Å². The van der Waals surface area contributed by atoms with Gasteiger partial charge in [0.2, 0.25) is 3.79 Å². The molecule has 0 aliphatic carbocycles. The lowest BCUT2D eigenvalue weighted by Gasteiger charge is -2.48. The number of carbonyl (C=O) groups excluding carboxylic acids is 2. The van der Waals surface area contributed by atoms with Crippen LogP contribution in [0, 0.1) is 0 Å². The summed E-state index contributed by atoms with van der Waals surface area (Å²) in [6.45, 7) is 1.05. The molecule has 0 aromatic heterocycles. The zero-order valence-electron chi connectivity index (χ0n) is 19.8. The fraction of sp³-hybridized carbons (Fsp3) is 0.440. The number of benzene rings is 2. The van der Waals surface area contributed by atoms with Gasteiger partial charge in [-0.15, -0.1) is 0 Å². The molecule has 2 aromatic rings. The van der Waals surface area contributed by atoms with Crippen LogP contribution in [0.3, 0.4) is 0 Å². The van der Waals surface area contributed by atoms with E-state index in [1.807, 2.05) is 60.7 Å². The van der Waals surface area contributed by atoms with Crippen LogP contribution in [0.2, 0.25) is 0 Å². The van der Waals surface area contributed by atoms with E-state index in [1.54, 1.807) is 0 Å². The van der Waals surface area contributed by atoms with Crippen LogP contribution in [0.15, 0.2) is 60.7 Å². The van der Waals surface area contributed by atoms with E-state index in [0.717, 1.165) is 11.1 Å². The van der Waals surface area contributed by atoms with Crippen LogP contribution in [0.4, 0.5) is 4.79 Å². The lowest BCUT2D eigenvalue weighted by atomic mass is 9.95. The second-order valence-corrected chi connectivity index (χ2v) is 11.0. The minimum atomic E-state index is -1.81. The number of nitrogens with one attached hydrogen (secondary N) is 1. The first-order chi connectivity index (χ1) is 17.7. The maximum Gasteiger partial charge on any atom is 0.407 e. The number of fused-ring (bicyclic) bond motifs is 1. The van der Waals surface area contributed by atoms with E-state index < -0.39 is 59.4 Å². The normalized spacial score (nSPS) is 27.6. The number of alkyl halides is 3. The number of halogens is 3. The third-order valence-electron chi connectivity index (χ3n) is 5.62. The number of rotatable bonds is 7. The van der Waals surface area contributed by atoms with Crippen molar-refractivity contribution in [3.8, 4) is 0 Å². The van der Waals surface area contributed by atoms with Crippen molar-refractivity contribution in [1.82, 2.24) is 5.32 Å². The van der Waals surface area contributed by atoms with Gasteiger partial charge in [-0.3, -0.25) is 4.79 Å². The Labute approximate surface area is 229 Å². The molecule has 200 valence electrons. The van der Waals surface area contributed by atoms with E-state index in [2.05, 4.69) is 5.32 Å². The Balaban J connectivity index is 1.57. The Morgan fingerprint density at radius 1 is 1.03 bits per heavy atom. The topological polar surface area (TPSA) is 102 Å². The highest BCUT2D eigenvalue weighted by atomic mass is 35.6. The molecule has 2 heterocycles. The highest BCUT2D eigenvalue weighted by Crippen LogP contribution is 2.36. The first kappa shape index (κ1) is 27.9. The average molecular weight is 575 g/mol. The van der Waals surface area contributed by atoms with Crippen molar-refractivity contribution in [1.29, 1.82) is 0 Å². The van der Waals surface area contributed by atoms with Crippen LogP contribution in [0.1, 0.15) is 24.3 Å². The van der Waals surface area contributed by atoms with E-state index in [0.29, 0.717) is 0 Å². The number of hydrogen-bond donors (Lipinski definition) is 1. The monoisotopic (exact) mass is 573 g/mol. The van der Waals surface area contributed by atoms with Gasteiger partial charge in [-0.05, 0) is 5.56 Å². The molecule has 1 unspecified atom stereocenters. The summed E-state index contributed by atoms with van der Waals surface area (Å²) in [6.07, 6.45) is -5.16. The molecule has 0 spiro atoms. The fourth-order valence-corrected chi connectivity index (χ4v) is 4.22. The second kappa shape index (κ2) is 12.6. The molecule has 2 aliphatic heterocycles. The highest BCUT2D eigenvalue weighted by Gasteiger charge is 2.53. The molecule has 2 fully saturated rings. The maximum absolute atomic E-state index is 12.6. The Bertz CT molecular complexity index is 1040. The fourth-order valence-electron chi connectivity index (χ4n) is 4.06. The molecular weight excluding hydrogens is 549 g/mol. The number of esters is 1. The van der Waals surface area contributed by atoms with Crippen LogP contribution >= 0.6 is 34.8 Å². The number of carbonyl (C=O) groups is 2. The summed E-state index contributed by atoms with van der Waals surface area (Å²) in [5, 5.41) is 2.64. The summed E-state index contributed by atoms with van der Waals surface area (Å²) in [5.74, 6) is -0.583. The summed E-state index contributed by atoms with van der Waals surface area (Å²) in [4.78, 5) is 24.8. The molecule has 6 atom stereocenters. The molecule has 0 saturated carbocycles. The largest absolute Gasteiger partial charge is 0.457 e. The van der Waals surface area contributed by atoms with Gasteiger partial charge in [0.05, 0.1) is 13.2 Å². The second-order valence-electron chi connectivity index (χ2n) is 8.45. The smallest absolute Gasteiger partial charge is 0.407 e. The zero-order valence-corrected chi connectivity index (χ0v) is 22.0. The molecule has 4 rings (SSSR count). The van der Waals surface area contributed by atoms with Crippen molar-refractivity contribution in [2.24, 2.45) is 0 Å². The van der Waals surface area contributed by atoms with Crippen LogP contribution in [0.25, 0.3) is 0 Å². The van der Waals surface area contributed by atoms with Gasteiger partial charge in [-0.25, -0.2) is 4.79 Å². The molecule has 37 heavy (non-hydrogen) atoms. The Hall–Kier alpha value is -2.11. The first-order valence-corrected chi connectivity index (χ1v) is 12.6. The van der Waals surface area contributed by atoms with Gasteiger partial charge >= 0.3 is 12.1 Å². The molecule has 9 nitrogen and oxygen atoms in total. The van der Waals surface area contributed by atoms with Crippen molar-refractivity contribution in [3.05, 3.63) is 71.8 Å². The van der Waals surface area contributed by atoms with Gasteiger partial charge in [0, 0.05) is 12.5 Å². The van der Waals surface area contributed by atoms with E-state index in [1.165, 1.54) is 6.92 Å². The van der Waals surface area contributed by atoms with Gasteiger partial charge in [-0.1, -0.05) is 95.5 Å². The Kier molecular flexibility index (Phi) is 9.52. The van der Waals surface area contributed by atoms with E-state index >= 15 is 0 Å². The number of alkyl carbamates (subject to hydrolysis) is 1. The lowest BCUT2D eigenvalue weighted by Crippen LogP contribution is -2.67. The number of hydrogen-bond acceptors (Lipinski definition) is 8. The quantitative estimate of drug-likeness (QED) is 0.383. The van der Waals surface area contributed by atoms with E-state index in [4.69, 9.17) is 63.2 Å². The summed E-state index contributed by atoms with van der Waals surface area (Å²) < 4.78 is 33.2. The Morgan fingerprint density at radius 3 is 2.35 bits per heavy atom. The highest BCUT2D eigenvalue weighted by molar-refractivity contribution is 6.67. The summed E-state index contributed by atoms with van der Waals surface area (Å²) in [5.41, 5.74) is 1.65. The van der Waals surface area contributed by atoms with Crippen molar-refractivity contribution in [2.45, 2.75) is 54.3 Å². The first-order valence-electron chi connectivity index (χ1n) is 11.5. The van der Waals surface area contributed by atoms with Gasteiger partial charge in [0.25, 0.3) is 0 Å². The summed E-state index contributed by atoms with van der Waals surface area (Å²) in [7, 11) is 0. The summed E-state index contributed by atoms with van der Waals surface area (Å²) in [6, 6.07) is 17.6. The van der Waals surface area contributed by atoms with Gasteiger partial charge in [0.15, 0.2) is 18.7 Å². The minimum absolute atomic E-state index is 0.137. The molecule has 2 aromatic carbocycles. The van der Waals surface area contributed by atoms with Gasteiger partial charge in [0.1, 0.15) is 24.9 Å². The third-order valence-corrected chi connectivity index (χ3v) is 5.95. The Morgan fingerprint density at radius 2 is 1.70 bits per heavy atom. The van der Waals surface area contributed by atoms with Gasteiger partial charge in [-0.2, -0.15) is 0 Å². The molecule has 1 N–H and O–H groups in total.